The largest absolute Gasteiger partial charge is 0.394 e. The van der Waals surface area contributed by atoms with Crippen LogP contribution in [0, 0.1) is 0 Å². The summed E-state index contributed by atoms with van der Waals surface area (Å²) in [6, 6.07) is 19.5. The number of aliphatic hydroxyl groups excluding tert-OH is 2. The number of hydrogen-bond donors (Lipinski definition) is 5. The van der Waals surface area contributed by atoms with Gasteiger partial charge in [0.25, 0.3) is 5.91 Å². The highest BCUT2D eigenvalue weighted by Crippen LogP contribution is 2.38. The average molecular weight is 687 g/mol. The number of aliphatic hydroxyl groups is 2. The third-order valence-electron chi connectivity index (χ3n) is 7.51. The molecule has 248 valence electrons. The quantitative estimate of drug-likeness (QED) is 0.161. The van der Waals surface area contributed by atoms with Crippen molar-refractivity contribution in [1.82, 2.24) is 15.4 Å². The molecule has 0 aliphatic carbocycles. The van der Waals surface area contributed by atoms with Gasteiger partial charge in [-0.1, -0.05) is 49.4 Å². The van der Waals surface area contributed by atoms with Gasteiger partial charge in [-0.2, -0.15) is 0 Å². The van der Waals surface area contributed by atoms with Gasteiger partial charge >= 0.3 is 0 Å². The number of β-amino-alcohol motifs (C(OH)–C–C–N with tert-alkyl or cyclic N) is 1. The third-order valence-corrected chi connectivity index (χ3v) is 11.0. The Morgan fingerprint density at radius 2 is 1.85 bits per heavy atom. The molecule has 1 aliphatic rings. The van der Waals surface area contributed by atoms with Gasteiger partial charge in [-0.25, -0.2) is 13.1 Å². The second-order valence-corrected chi connectivity index (χ2v) is 15.3. The number of sulfonamides is 1. The number of thioether (sulfide) groups is 2. The summed E-state index contributed by atoms with van der Waals surface area (Å²) in [6.07, 6.45) is 1.12. The zero-order valence-corrected chi connectivity index (χ0v) is 28.9. The Kier molecular flexibility index (Phi) is 12.3. The molecule has 2 atom stereocenters. The number of hydrogen-bond acceptors (Lipinski definition) is 9. The summed E-state index contributed by atoms with van der Waals surface area (Å²) < 4.78 is 28.2. The Morgan fingerprint density at radius 3 is 2.52 bits per heavy atom. The molecular formula is C33H42N4O6S3. The Morgan fingerprint density at radius 1 is 1.13 bits per heavy atom. The lowest BCUT2D eigenvalue weighted by atomic mass is 9.99. The molecule has 0 fully saturated rings. The third kappa shape index (κ3) is 9.12. The number of benzene rings is 3. The Bertz CT molecular complexity index is 1630. The molecule has 3 aromatic carbocycles. The van der Waals surface area contributed by atoms with E-state index in [0.29, 0.717) is 11.3 Å². The number of carbonyl (C=O) groups excluding carboxylic acids is 2. The minimum absolute atomic E-state index is 0.0651. The van der Waals surface area contributed by atoms with Gasteiger partial charge in [-0.3, -0.25) is 9.59 Å². The van der Waals surface area contributed by atoms with E-state index in [0.717, 1.165) is 26.6 Å². The number of nitrogens with zero attached hydrogens (tertiary/aromatic N) is 1. The van der Waals surface area contributed by atoms with E-state index in [2.05, 4.69) is 21.4 Å². The van der Waals surface area contributed by atoms with Crippen LogP contribution in [0.1, 0.15) is 32.8 Å². The van der Waals surface area contributed by atoms with E-state index in [4.69, 9.17) is 5.11 Å². The molecule has 4 rings (SSSR count). The maximum absolute atomic E-state index is 14.1. The molecule has 46 heavy (non-hydrogen) atoms. The molecule has 0 saturated heterocycles. The Balaban J connectivity index is 1.58. The highest BCUT2D eigenvalue weighted by Gasteiger charge is 2.33. The van der Waals surface area contributed by atoms with Crippen molar-refractivity contribution in [2.24, 2.45) is 0 Å². The van der Waals surface area contributed by atoms with E-state index in [9.17, 15) is 23.1 Å². The molecule has 13 heteroatoms. The monoisotopic (exact) mass is 686 g/mol. The molecule has 0 aromatic heterocycles. The SMILES string of the molecule is CCNS(=O)(=O)c1ccccc1-c1ccc(CN2C(=O)[C@H](NC(=O)CC(C)(C)NC[C@H](O)CO)CSc3cc(SC)ccc32)cc1. The highest BCUT2D eigenvalue weighted by molar-refractivity contribution is 8.00. The van der Waals surface area contributed by atoms with Crippen LogP contribution in [0.4, 0.5) is 5.69 Å². The minimum Gasteiger partial charge on any atom is -0.394 e. The fraction of sp³-hybridized carbons (Fsp3) is 0.394. The lowest BCUT2D eigenvalue weighted by Gasteiger charge is -2.29. The lowest BCUT2D eigenvalue weighted by molar-refractivity contribution is -0.128. The fourth-order valence-corrected chi connectivity index (χ4v) is 8.02. The van der Waals surface area contributed by atoms with Gasteiger partial charge in [-0.05, 0) is 55.5 Å². The molecule has 1 heterocycles. The van der Waals surface area contributed by atoms with Gasteiger partial charge in [0.15, 0.2) is 0 Å². The van der Waals surface area contributed by atoms with Crippen molar-refractivity contribution in [3.63, 3.8) is 0 Å². The minimum atomic E-state index is -3.68. The number of carbonyl (C=O) groups is 2. The van der Waals surface area contributed by atoms with Crippen molar-refractivity contribution in [3.8, 4) is 11.1 Å². The van der Waals surface area contributed by atoms with Gasteiger partial charge in [-0.15, -0.1) is 23.5 Å². The van der Waals surface area contributed by atoms with Crippen LogP contribution in [0.2, 0.25) is 0 Å². The predicted molar refractivity (Wildman–Crippen MR) is 185 cm³/mol. The van der Waals surface area contributed by atoms with Crippen LogP contribution < -0.4 is 20.3 Å². The first-order valence-corrected chi connectivity index (χ1v) is 18.7. The van der Waals surface area contributed by atoms with E-state index >= 15 is 0 Å². The van der Waals surface area contributed by atoms with Crippen LogP contribution in [0.5, 0.6) is 0 Å². The number of nitrogens with one attached hydrogen (secondary N) is 3. The molecule has 0 radical (unpaired) electrons. The molecule has 1 aliphatic heterocycles. The molecule has 2 amide bonds. The van der Waals surface area contributed by atoms with Crippen LogP contribution in [0.15, 0.2) is 81.4 Å². The van der Waals surface area contributed by atoms with Gasteiger partial charge < -0.3 is 25.7 Å². The Labute approximate surface area is 279 Å². The van der Waals surface area contributed by atoms with Crippen molar-refractivity contribution in [2.75, 3.05) is 36.6 Å². The van der Waals surface area contributed by atoms with Gasteiger partial charge in [0.05, 0.1) is 29.8 Å². The first-order valence-electron chi connectivity index (χ1n) is 15.0. The summed E-state index contributed by atoms with van der Waals surface area (Å²) in [7, 11) is -3.68. The summed E-state index contributed by atoms with van der Waals surface area (Å²) in [6.45, 7) is 5.66. The van der Waals surface area contributed by atoms with Crippen LogP contribution in [-0.2, 0) is 26.2 Å². The number of rotatable bonds is 14. The lowest BCUT2D eigenvalue weighted by Crippen LogP contribution is -2.52. The van der Waals surface area contributed by atoms with Crippen molar-refractivity contribution in [1.29, 1.82) is 0 Å². The molecule has 10 nitrogen and oxygen atoms in total. The molecule has 0 spiro atoms. The van der Waals surface area contributed by atoms with Crippen molar-refractivity contribution in [3.05, 3.63) is 72.3 Å². The molecule has 0 saturated carbocycles. The average Bonchev–Trinajstić information content (AvgIpc) is 3.15. The van der Waals surface area contributed by atoms with Gasteiger partial charge in [0.2, 0.25) is 15.9 Å². The highest BCUT2D eigenvalue weighted by atomic mass is 32.2. The first kappa shape index (κ1) is 35.9. The number of anilines is 1. The molecule has 0 bridgehead atoms. The number of amides is 2. The fourth-order valence-electron chi connectivity index (χ4n) is 5.13. The van der Waals surface area contributed by atoms with Gasteiger partial charge in [0, 0.05) is 46.2 Å². The normalized spacial score (nSPS) is 16.1. The second-order valence-electron chi connectivity index (χ2n) is 11.7. The van der Waals surface area contributed by atoms with E-state index < -0.39 is 27.7 Å². The summed E-state index contributed by atoms with van der Waals surface area (Å²) >= 11 is 3.13. The standard InChI is InChI=1S/C33H42N4O6S3/c1-5-35-46(42,43)30-9-7-6-8-26(30)23-12-10-22(11-13-23)19-37-28-15-14-25(44-4)16-29(28)45-21-27(32(37)41)36-31(40)17-33(2,3)34-18-24(39)20-38/h6-16,24,27,34-35,38-39H,5,17-21H2,1-4H3,(H,36,40)/t24-,27+/m0/s1. The van der Waals surface area contributed by atoms with Crippen molar-refractivity contribution >= 4 is 51.0 Å². The van der Waals surface area contributed by atoms with Crippen LogP contribution in [-0.4, -0.2) is 79.8 Å². The Hall–Kier alpha value is -2.91. The van der Waals surface area contributed by atoms with E-state index in [-0.39, 0.29) is 49.4 Å². The zero-order valence-electron chi connectivity index (χ0n) is 26.4. The van der Waals surface area contributed by atoms with Crippen LogP contribution in [0.3, 0.4) is 0 Å². The topological polar surface area (TPSA) is 148 Å². The predicted octanol–water partition coefficient (Wildman–Crippen LogP) is 3.61. The van der Waals surface area contributed by atoms with E-state index in [1.807, 2.05) is 56.5 Å². The van der Waals surface area contributed by atoms with Crippen molar-refractivity contribution in [2.45, 2.75) is 66.1 Å². The smallest absolute Gasteiger partial charge is 0.250 e. The molecule has 5 N–H and O–H groups in total. The first-order chi connectivity index (χ1) is 21.9. The van der Waals surface area contributed by atoms with Crippen LogP contribution >= 0.6 is 23.5 Å². The summed E-state index contributed by atoms with van der Waals surface area (Å²) in [5, 5.41) is 24.8. The zero-order chi connectivity index (χ0) is 33.5. The van der Waals surface area contributed by atoms with E-state index in [1.165, 1.54) is 11.8 Å². The summed E-state index contributed by atoms with van der Waals surface area (Å²) in [5.74, 6) is -0.177. The maximum atomic E-state index is 14.1. The summed E-state index contributed by atoms with van der Waals surface area (Å²) in [5.41, 5.74) is 2.24. The number of fused-ring (bicyclic) bond motifs is 1. The summed E-state index contributed by atoms with van der Waals surface area (Å²) in [4.78, 5) is 31.1. The molecule has 3 aromatic rings. The van der Waals surface area contributed by atoms with Crippen LogP contribution in [0.25, 0.3) is 11.1 Å². The second kappa shape index (κ2) is 15.8. The van der Waals surface area contributed by atoms with Crippen molar-refractivity contribution < 1.29 is 28.2 Å². The molecular weight excluding hydrogens is 645 g/mol. The maximum Gasteiger partial charge on any atom is 0.250 e. The van der Waals surface area contributed by atoms with Gasteiger partial charge in [0.1, 0.15) is 6.04 Å². The molecule has 0 unspecified atom stereocenters. The van der Waals surface area contributed by atoms with E-state index in [1.54, 1.807) is 47.9 Å².